The van der Waals surface area contributed by atoms with Crippen molar-refractivity contribution in [1.29, 1.82) is 0 Å². The molecule has 0 amide bonds. The largest absolute Gasteiger partial charge is 0.361 e. The monoisotopic (exact) mass is 491 g/mol. The minimum Gasteiger partial charge on any atom is -0.361 e. The van der Waals surface area contributed by atoms with Crippen molar-refractivity contribution in [2.24, 2.45) is 4.99 Å². The van der Waals surface area contributed by atoms with Crippen molar-refractivity contribution in [3.05, 3.63) is 46.1 Å². The topological polar surface area (TPSA) is 75.3 Å². The van der Waals surface area contributed by atoms with Crippen molar-refractivity contribution >= 4 is 41.5 Å². The summed E-state index contributed by atoms with van der Waals surface area (Å²) in [6, 6.07) is 3.79. The second-order valence-corrected chi connectivity index (χ2v) is 6.41. The van der Waals surface area contributed by atoms with Gasteiger partial charge in [-0.1, -0.05) is 29.7 Å². The smallest absolute Gasteiger partial charge is 0.191 e. The quantitative estimate of drug-likeness (QED) is 0.266. The summed E-state index contributed by atoms with van der Waals surface area (Å²) >= 11 is 5.81. The molecule has 26 heavy (non-hydrogen) atoms. The van der Waals surface area contributed by atoms with E-state index in [-0.39, 0.29) is 29.9 Å². The molecule has 6 nitrogen and oxygen atoms in total. The first-order valence-electron chi connectivity index (χ1n) is 8.56. The summed E-state index contributed by atoms with van der Waals surface area (Å²) in [4.78, 5) is 8.78. The molecule has 0 fully saturated rings. The molecule has 2 aromatic rings. The van der Waals surface area contributed by atoms with Crippen molar-refractivity contribution in [2.75, 3.05) is 19.6 Å². The zero-order chi connectivity index (χ0) is 18.2. The van der Waals surface area contributed by atoms with Crippen LogP contribution in [0.15, 0.2) is 27.8 Å². The second kappa shape index (κ2) is 11.4. The van der Waals surface area contributed by atoms with E-state index in [2.05, 4.69) is 39.6 Å². The van der Waals surface area contributed by atoms with Gasteiger partial charge in [-0.2, -0.15) is 0 Å². The minimum atomic E-state index is 0. The molecule has 0 aliphatic heterocycles. The molecule has 1 atom stereocenters. The predicted molar refractivity (Wildman–Crippen MR) is 117 cm³/mol. The van der Waals surface area contributed by atoms with Crippen LogP contribution in [0.4, 0.5) is 0 Å². The summed E-state index contributed by atoms with van der Waals surface area (Å²) in [5, 5.41) is 11.2. The molecule has 8 heteroatoms. The number of rotatable bonds is 7. The van der Waals surface area contributed by atoms with Crippen LogP contribution in [0.2, 0.25) is 5.15 Å². The van der Waals surface area contributed by atoms with Crippen LogP contribution >= 0.6 is 35.6 Å². The SMILES string of the molecule is CCNC(=NCC(C)c1c(C)noc1C)NCCc1ccc(Cl)nc1.I. The lowest BCUT2D eigenvalue weighted by Gasteiger charge is -2.13. The maximum Gasteiger partial charge on any atom is 0.191 e. The Hall–Kier alpha value is -1.35. The maximum absolute atomic E-state index is 5.81. The third-order valence-electron chi connectivity index (χ3n) is 3.94. The van der Waals surface area contributed by atoms with Crippen LogP contribution < -0.4 is 10.6 Å². The lowest BCUT2D eigenvalue weighted by Crippen LogP contribution is -2.38. The zero-order valence-electron chi connectivity index (χ0n) is 15.7. The van der Waals surface area contributed by atoms with Gasteiger partial charge >= 0.3 is 0 Å². The molecule has 1 unspecified atom stereocenters. The van der Waals surface area contributed by atoms with Crippen LogP contribution in [0.25, 0.3) is 0 Å². The minimum absolute atomic E-state index is 0. The molecule has 0 radical (unpaired) electrons. The Labute approximate surface area is 177 Å². The van der Waals surface area contributed by atoms with Gasteiger partial charge in [0, 0.05) is 37.3 Å². The molecule has 2 N–H and O–H groups in total. The lowest BCUT2D eigenvalue weighted by atomic mass is 10.00. The van der Waals surface area contributed by atoms with E-state index < -0.39 is 0 Å². The third-order valence-corrected chi connectivity index (χ3v) is 4.17. The van der Waals surface area contributed by atoms with Gasteiger partial charge in [0.05, 0.1) is 5.69 Å². The number of guanidine groups is 1. The number of nitrogens with zero attached hydrogens (tertiary/aromatic N) is 3. The Morgan fingerprint density at radius 3 is 2.65 bits per heavy atom. The average Bonchev–Trinajstić information content (AvgIpc) is 2.93. The van der Waals surface area contributed by atoms with E-state index in [0.29, 0.717) is 11.7 Å². The van der Waals surface area contributed by atoms with E-state index in [4.69, 9.17) is 16.1 Å². The summed E-state index contributed by atoms with van der Waals surface area (Å²) in [5.41, 5.74) is 3.22. The van der Waals surface area contributed by atoms with Crippen LogP contribution in [0, 0.1) is 13.8 Å². The molecule has 2 aromatic heterocycles. The number of aliphatic imine (C=N–C) groups is 1. The van der Waals surface area contributed by atoms with E-state index in [1.165, 1.54) is 0 Å². The Kier molecular flexibility index (Phi) is 9.93. The summed E-state index contributed by atoms with van der Waals surface area (Å²) in [5.74, 6) is 1.93. The molecule has 0 spiro atoms. The van der Waals surface area contributed by atoms with Gasteiger partial charge in [-0.3, -0.25) is 4.99 Å². The van der Waals surface area contributed by atoms with Crippen molar-refractivity contribution in [2.45, 2.75) is 40.0 Å². The summed E-state index contributed by atoms with van der Waals surface area (Å²) in [6.07, 6.45) is 2.65. The van der Waals surface area contributed by atoms with Gasteiger partial charge in [0.2, 0.25) is 0 Å². The molecular weight excluding hydrogens is 465 g/mol. The summed E-state index contributed by atoms with van der Waals surface area (Å²) < 4.78 is 5.25. The fourth-order valence-electron chi connectivity index (χ4n) is 2.73. The molecule has 2 rings (SSSR count). The number of hydrogen-bond acceptors (Lipinski definition) is 4. The van der Waals surface area contributed by atoms with Gasteiger partial charge in [-0.05, 0) is 38.8 Å². The summed E-state index contributed by atoms with van der Waals surface area (Å²) in [7, 11) is 0. The van der Waals surface area contributed by atoms with Crippen molar-refractivity contribution in [3.63, 3.8) is 0 Å². The van der Waals surface area contributed by atoms with Crippen LogP contribution in [-0.4, -0.2) is 35.7 Å². The van der Waals surface area contributed by atoms with Gasteiger partial charge in [0.15, 0.2) is 5.96 Å². The van der Waals surface area contributed by atoms with Crippen molar-refractivity contribution in [1.82, 2.24) is 20.8 Å². The van der Waals surface area contributed by atoms with Gasteiger partial charge < -0.3 is 15.2 Å². The molecule has 0 aromatic carbocycles. The van der Waals surface area contributed by atoms with Gasteiger partial charge in [-0.25, -0.2) is 4.98 Å². The van der Waals surface area contributed by atoms with Crippen LogP contribution in [0.1, 0.15) is 42.3 Å². The van der Waals surface area contributed by atoms with E-state index in [1.54, 1.807) is 6.20 Å². The standard InChI is InChI=1S/C18H26ClN5O.HI/c1-5-20-18(21-9-8-15-6-7-16(19)22-11-15)23-10-12(2)17-13(3)24-25-14(17)4;/h6-7,11-12H,5,8-10H2,1-4H3,(H2,20,21,23);1H. The third kappa shape index (κ3) is 6.75. The van der Waals surface area contributed by atoms with E-state index in [0.717, 1.165) is 48.1 Å². The number of pyridine rings is 1. The highest BCUT2D eigenvalue weighted by molar-refractivity contribution is 14.0. The molecule has 0 saturated carbocycles. The van der Waals surface area contributed by atoms with Crippen LogP contribution in [-0.2, 0) is 6.42 Å². The number of aryl methyl sites for hydroxylation is 2. The molecule has 0 aliphatic rings. The van der Waals surface area contributed by atoms with Crippen LogP contribution in [0.3, 0.4) is 0 Å². The number of aromatic nitrogens is 2. The average molecular weight is 492 g/mol. The first-order chi connectivity index (χ1) is 12.0. The number of hydrogen-bond donors (Lipinski definition) is 2. The highest BCUT2D eigenvalue weighted by atomic mass is 127. The molecule has 144 valence electrons. The Balaban J connectivity index is 0.00000338. The highest BCUT2D eigenvalue weighted by Crippen LogP contribution is 2.23. The van der Waals surface area contributed by atoms with E-state index >= 15 is 0 Å². The van der Waals surface area contributed by atoms with Crippen LogP contribution in [0.5, 0.6) is 0 Å². The molecule has 0 saturated heterocycles. The fourth-order valence-corrected chi connectivity index (χ4v) is 2.85. The molecule has 2 heterocycles. The summed E-state index contributed by atoms with van der Waals surface area (Å²) in [6.45, 7) is 10.4. The van der Waals surface area contributed by atoms with E-state index in [1.807, 2.05) is 26.0 Å². The van der Waals surface area contributed by atoms with Crippen molar-refractivity contribution in [3.8, 4) is 0 Å². The Bertz CT molecular complexity index is 683. The maximum atomic E-state index is 5.81. The Morgan fingerprint density at radius 1 is 1.31 bits per heavy atom. The molecule has 0 bridgehead atoms. The van der Waals surface area contributed by atoms with Crippen molar-refractivity contribution < 1.29 is 4.52 Å². The first-order valence-corrected chi connectivity index (χ1v) is 8.94. The number of halogens is 2. The molecular formula is C18H27ClIN5O. The van der Waals surface area contributed by atoms with E-state index in [9.17, 15) is 0 Å². The first kappa shape index (κ1) is 22.7. The number of nitrogens with one attached hydrogen (secondary N) is 2. The normalized spacial score (nSPS) is 12.4. The van der Waals surface area contributed by atoms with Gasteiger partial charge in [0.25, 0.3) is 0 Å². The highest BCUT2D eigenvalue weighted by Gasteiger charge is 2.16. The fraction of sp³-hybridized carbons (Fsp3) is 0.500. The zero-order valence-corrected chi connectivity index (χ0v) is 18.8. The Morgan fingerprint density at radius 2 is 2.08 bits per heavy atom. The predicted octanol–water partition coefficient (Wildman–Crippen LogP) is 3.86. The van der Waals surface area contributed by atoms with Gasteiger partial charge in [0.1, 0.15) is 10.9 Å². The molecule has 0 aliphatic carbocycles. The lowest BCUT2D eigenvalue weighted by molar-refractivity contribution is 0.391. The van der Waals surface area contributed by atoms with Gasteiger partial charge in [-0.15, -0.1) is 24.0 Å². The second-order valence-electron chi connectivity index (χ2n) is 6.02.